The summed E-state index contributed by atoms with van der Waals surface area (Å²) in [5.74, 6) is 0.538. The summed E-state index contributed by atoms with van der Waals surface area (Å²) in [4.78, 5) is 3.89. The Morgan fingerprint density at radius 2 is 1.89 bits per heavy atom. The summed E-state index contributed by atoms with van der Waals surface area (Å²) < 4.78 is 5.52. The van der Waals surface area contributed by atoms with E-state index >= 15 is 0 Å². The van der Waals surface area contributed by atoms with Gasteiger partial charge in [0.1, 0.15) is 5.75 Å². The highest BCUT2D eigenvalue weighted by atomic mass is 16.5. The SMILES string of the molecule is OB(O)c1cncc(OCCc2ccccc2)c1. The molecule has 2 aromatic rings. The maximum atomic E-state index is 9.01. The summed E-state index contributed by atoms with van der Waals surface area (Å²) in [5.41, 5.74) is 1.52. The Morgan fingerprint density at radius 1 is 1.11 bits per heavy atom. The lowest BCUT2D eigenvalue weighted by Gasteiger charge is -2.07. The van der Waals surface area contributed by atoms with Gasteiger partial charge in [-0.3, -0.25) is 4.98 Å². The molecule has 1 aromatic carbocycles. The van der Waals surface area contributed by atoms with Crippen molar-refractivity contribution in [3.05, 3.63) is 54.4 Å². The van der Waals surface area contributed by atoms with Crippen LogP contribution in [0, 0.1) is 0 Å². The van der Waals surface area contributed by atoms with Crippen LogP contribution in [0.1, 0.15) is 5.56 Å². The maximum absolute atomic E-state index is 9.01. The van der Waals surface area contributed by atoms with E-state index in [4.69, 9.17) is 14.8 Å². The number of nitrogens with zero attached hydrogens (tertiary/aromatic N) is 1. The van der Waals surface area contributed by atoms with Gasteiger partial charge < -0.3 is 14.8 Å². The second-order valence-electron chi connectivity index (χ2n) is 3.91. The molecule has 0 saturated heterocycles. The molecule has 1 aromatic heterocycles. The standard InChI is InChI=1S/C13H14BNO3/c16-14(17)12-8-13(10-15-9-12)18-7-6-11-4-2-1-3-5-11/h1-5,8-10,16-17H,6-7H2. The van der Waals surface area contributed by atoms with Crippen molar-refractivity contribution in [3.8, 4) is 5.75 Å². The van der Waals surface area contributed by atoms with E-state index in [0.717, 1.165) is 6.42 Å². The lowest BCUT2D eigenvalue weighted by atomic mass is 9.82. The molecule has 0 aliphatic heterocycles. The van der Waals surface area contributed by atoms with Crippen molar-refractivity contribution in [2.24, 2.45) is 0 Å². The van der Waals surface area contributed by atoms with Crippen LogP contribution in [-0.2, 0) is 6.42 Å². The van der Waals surface area contributed by atoms with Crippen LogP contribution in [0.3, 0.4) is 0 Å². The number of rotatable bonds is 5. The molecular formula is C13H14BNO3. The topological polar surface area (TPSA) is 62.6 Å². The fraction of sp³-hybridized carbons (Fsp3) is 0.154. The molecule has 2 rings (SSSR count). The molecule has 0 bridgehead atoms. The summed E-state index contributed by atoms with van der Waals surface area (Å²) in [6.45, 7) is 0.524. The van der Waals surface area contributed by atoms with E-state index in [1.807, 2.05) is 30.3 Å². The fourth-order valence-corrected chi connectivity index (χ4v) is 1.59. The van der Waals surface area contributed by atoms with Crippen LogP contribution >= 0.6 is 0 Å². The second-order valence-corrected chi connectivity index (χ2v) is 3.91. The molecule has 18 heavy (non-hydrogen) atoms. The Hall–Kier alpha value is -1.85. The first-order valence-electron chi connectivity index (χ1n) is 5.73. The molecule has 0 unspecified atom stereocenters. The average Bonchev–Trinajstić information content (AvgIpc) is 2.40. The van der Waals surface area contributed by atoms with Crippen molar-refractivity contribution in [2.45, 2.75) is 6.42 Å². The highest BCUT2D eigenvalue weighted by Crippen LogP contribution is 2.07. The zero-order chi connectivity index (χ0) is 12.8. The van der Waals surface area contributed by atoms with Gasteiger partial charge in [-0.15, -0.1) is 0 Å². The van der Waals surface area contributed by atoms with E-state index in [1.165, 1.54) is 11.8 Å². The third kappa shape index (κ3) is 3.58. The monoisotopic (exact) mass is 243 g/mol. The van der Waals surface area contributed by atoms with Crippen LogP contribution in [-0.4, -0.2) is 28.8 Å². The summed E-state index contributed by atoms with van der Waals surface area (Å²) in [7, 11) is -1.52. The van der Waals surface area contributed by atoms with E-state index in [-0.39, 0.29) is 0 Å². The molecule has 2 N–H and O–H groups in total. The minimum absolute atomic E-state index is 0.326. The minimum Gasteiger partial charge on any atom is -0.492 e. The molecular weight excluding hydrogens is 229 g/mol. The number of aromatic nitrogens is 1. The third-order valence-electron chi connectivity index (χ3n) is 2.53. The molecule has 4 nitrogen and oxygen atoms in total. The van der Waals surface area contributed by atoms with E-state index in [0.29, 0.717) is 17.8 Å². The van der Waals surface area contributed by atoms with Crippen LogP contribution in [0.5, 0.6) is 5.75 Å². The number of hydrogen-bond donors (Lipinski definition) is 2. The highest BCUT2D eigenvalue weighted by molar-refractivity contribution is 6.58. The molecule has 92 valence electrons. The smallest absolute Gasteiger partial charge is 0.490 e. The summed E-state index contributed by atoms with van der Waals surface area (Å²) in [6.07, 6.45) is 3.75. The predicted molar refractivity (Wildman–Crippen MR) is 69.7 cm³/mol. The highest BCUT2D eigenvalue weighted by Gasteiger charge is 2.11. The minimum atomic E-state index is -1.52. The van der Waals surface area contributed by atoms with Crippen molar-refractivity contribution in [2.75, 3.05) is 6.61 Å². The average molecular weight is 243 g/mol. The first kappa shape index (κ1) is 12.6. The molecule has 0 saturated carbocycles. The van der Waals surface area contributed by atoms with Gasteiger partial charge >= 0.3 is 7.12 Å². The van der Waals surface area contributed by atoms with Gasteiger partial charge in [-0.2, -0.15) is 0 Å². The van der Waals surface area contributed by atoms with E-state index < -0.39 is 7.12 Å². The van der Waals surface area contributed by atoms with Crippen LogP contribution in [0.2, 0.25) is 0 Å². The Labute approximate surface area is 106 Å². The number of hydrogen-bond acceptors (Lipinski definition) is 4. The van der Waals surface area contributed by atoms with Crippen LogP contribution < -0.4 is 10.2 Å². The van der Waals surface area contributed by atoms with E-state index in [2.05, 4.69) is 4.98 Å². The number of ether oxygens (including phenoxy) is 1. The Bertz CT molecular complexity index is 491. The normalized spacial score (nSPS) is 10.1. The van der Waals surface area contributed by atoms with Gasteiger partial charge in [0.05, 0.1) is 12.8 Å². The van der Waals surface area contributed by atoms with Gasteiger partial charge in [0, 0.05) is 18.1 Å². The Kier molecular flexibility index (Phi) is 4.33. The molecule has 5 heteroatoms. The lowest BCUT2D eigenvalue weighted by Crippen LogP contribution is -2.30. The summed E-state index contributed by atoms with van der Waals surface area (Å²) in [5, 5.41) is 18.0. The summed E-state index contributed by atoms with van der Waals surface area (Å²) in [6, 6.07) is 11.6. The first-order chi connectivity index (χ1) is 8.75. The molecule has 0 atom stereocenters. The van der Waals surface area contributed by atoms with Crippen molar-refractivity contribution in [3.63, 3.8) is 0 Å². The van der Waals surface area contributed by atoms with E-state index in [9.17, 15) is 0 Å². The van der Waals surface area contributed by atoms with Crippen molar-refractivity contribution in [1.82, 2.24) is 4.98 Å². The molecule has 0 amide bonds. The zero-order valence-electron chi connectivity index (χ0n) is 9.86. The molecule has 0 aliphatic carbocycles. The molecule has 1 heterocycles. The molecule has 0 fully saturated rings. The maximum Gasteiger partial charge on any atom is 0.490 e. The largest absolute Gasteiger partial charge is 0.492 e. The van der Waals surface area contributed by atoms with Gasteiger partial charge in [-0.05, 0) is 11.6 Å². The third-order valence-corrected chi connectivity index (χ3v) is 2.53. The van der Waals surface area contributed by atoms with Crippen LogP contribution in [0.25, 0.3) is 0 Å². The van der Waals surface area contributed by atoms with Gasteiger partial charge in [0.2, 0.25) is 0 Å². The molecule has 0 spiro atoms. The molecule has 0 aliphatic rings. The van der Waals surface area contributed by atoms with E-state index in [1.54, 1.807) is 12.3 Å². The van der Waals surface area contributed by atoms with Crippen LogP contribution in [0.4, 0.5) is 0 Å². The van der Waals surface area contributed by atoms with Crippen molar-refractivity contribution < 1.29 is 14.8 Å². The lowest BCUT2D eigenvalue weighted by molar-refractivity contribution is 0.320. The van der Waals surface area contributed by atoms with Gasteiger partial charge in [0.25, 0.3) is 0 Å². The first-order valence-corrected chi connectivity index (χ1v) is 5.73. The second kappa shape index (κ2) is 6.19. The number of pyridine rings is 1. The molecule has 0 radical (unpaired) electrons. The fourth-order valence-electron chi connectivity index (χ4n) is 1.59. The van der Waals surface area contributed by atoms with Gasteiger partial charge in [-0.25, -0.2) is 0 Å². The predicted octanol–water partition coefficient (Wildman–Crippen LogP) is 0.383. The zero-order valence-corrected chi connectivity index (χ0v) is 9.86. The van der Waals surface area contributed by atoms with Crippen LogP contribution in [0.15, 0.2) is 48.8 Å². The summed E-state index contributed by atoms with van der Waals surface area (Å²) >= 11 is 0. The van der Waals surface area contributed by atoms with Crippen molar-refractivity contribution >= 4 is 12.6 Å². The Morgan fingerprint density at radius 3 is 2.61 bits per heavy atom. The van der Waals surface area contributed by atoms with Gasteiger partial charge in [-0.1, -0.05) is 30.3 Å². The van der Waals surface area contributed by atoms with Crippen molar-refractivity contribution in [1.29, 1.82) is 0 Å². The number of benzene rings is 1. The van der Waals surface area contributed by atoms with Gasteiger partial charge in [0.15, 0.2) is 0 Å². The quantitative estimate of drug-likeness (QED) is 0.745. The Balaban J connectivity index is 1.89.